The van der Waals surface area contributed by atoms with Gasteiger partial charge in [0.15, 0.2) is 0 Å². The number of hydrogen-bond donors (Lipinski definition) is 0. The van der Waals surface area contributed by atoms with Crippen molar-refractivity contribution in [2.75, 3.05) is 0 Å². The van der Waals surface area contributed by atoms with E-state index in [4.69, 9.17) is 14.7 Å². The fourth-order valence-electron chi connectivity index (χ4n) is 7.75. The number of aromatic nitrogens is 3. The summed E-state index contributed by atoms with van der Waals surface area (Å²) in [6, 6.07) is 21.3. The molecule has 1 aliphatic heterocycles. The topological polar surface area (TPSA) is 39.9 Å². The highest BCUT2D eigenvalue weighted by Gasteiger charge is 2.33. The summed E-state index contributed by atoms with van der Waals surface area (Å²) in [6.45, 7) is 6.95. The number of ether oxygens (including phenoxy) is 1. The Morgan fingerprint density at radius 1 is 0.867 bits per heavy atom. The van der Waals surface area contributed by atoms with E-state index in [9.17, 15) is 0 Å². The number of nitrogens with zero attached hydrogens (tertiary/aromatic N) is 3. The Kier molecular flexibility index (Phi) is 5.61. The third-order valence-electron chi connectivity index (χ3n) is 10.0. The summed E-state index contributed by atoms with van der Waals surface area (Å²) in [5, 5.41) is 0.964. The first kappa shape index (κ1) is 26.2. The van der Waals surface area contributed by atoms with Crippen molar-refractivity contribution in [1.82, 2.24) is 14.5 Å². The van der Waals surface area contributed by atoms with Crippen LogP contribution in [0.5, 0.6) is 11.5 Å². The number of para-hydroxylation sites is 1. The summed E-state index contributed by atoms with van der Waals surface area (Å²) in [5.74, 6) is 2.32. The molecule has 3 aromatic carbocycles. The minimum atomic E-state index is 0.0156. The summed E-state index contributed by atoms with van der Waals surface area (Å²) < 4.78 is 8.41. The number of aryl methyl sites for hydroxylation is 1. The maximum atomic E-state index is 6.23. The molecule has 4 heteroatoms. The molecule has 9 rings (SSSR count). The normalized spacial score (nSPS) is 17.1. The van der Waals surface area contributed by atoms with E-state index in [0.29, 0.717) is 5.95 Å². The van der Waals surface area contributed by atoms with E-state index in [1.54, 1.807) is 5.57 Å². The lowest BCUT2D eigenvalue weighted by molar-refractivity contribution is 0.486. The van der Waals surface area contributed by atoms with Gasteiger partial charge in [0.05, 0.1) is 16.6 Å². The minimum Gasteiger partial charge on any atom is -0.456 e. The molecule has 0 spiro atoms. The minimum absolute atomic E-state index is 0.0156. The molecule has 3 heterocycles. The van der Waals surface area contributed by atoms with E-state index >= 15 is 0 Å². The van der Waals surface area contributed by atoms with Crippen LogP contribution in [0.25, 0.3) is 39.8 Å². The Hall–Kier alpha value is -5.22. The molecule has 45 heavy (non-hydrogen) atoms. The number of rotatable bonds is 2. The predicted octanol–water partition coefficient (Wildman–Crippen LogP) is 9.80. The van der Waals surface area contributed by atoms with Crippen LogP contribution >= 0.6 is 0 Å². The van der Waals surface area contributed by atoms with Crippen LogP contribution in [0, 0.1) is 6.92 Å². The maximum absolute atomic E-state index is 6.23. The first-order valence-corrected chi connectivity index (χ1v) is 15.8. The zero-order valence-corrected chi connectivity index (χ0v) is 25.8. The van der Waals surface area contributed by atoms with Gasteiger partial charge in [-0.1, -0.05) is 92.3 Å². The second-order valence-electron chi connectivity index (χ2n) is 13.0. The van der Waals surface area contributed by atoms with E-state index in [0.717, 1.165) is 52.9 Å². The van der Waals surface area contributed by atoms with Gasteiger partial charge in [-0.25, -0.2) is 9.97 Å². The van der Waals surface area contributed by atoms with Crippen molar-refractivity contribution in [1.29, 1.82) is 0 Å². The Bertz CT molecular complexity index is 2250. The zero-order chi connectivity index (χ0) is 30.3. The highest BCUT2D eigenvalue weighted by atomic mass is 16.5. The van der Waals surface area contributed by atoms with Crippen LogP contribution in [0.15, 0.2) is 114 Å². The van der Waals surface area contributed by atoms with Crippen molar-refractivity contribution in [3.8, 4) is 28.7 Å². The first-order chi connectivity index (χ1) is 22.0. The molecule has 3 aliphatic carbocycles. The summed E-state index contributed by atoms with van der Waals surface area (Å²) in [4.78, 5) is 10.3. The van der Waals surface area contributed by atoms with Gasteiger partial charge in [-0.15, -0.1) is 0 Å². The van der Waals surface area contributed by atoms with Gasteiger partial charge < -0.3 is 4.74 Å². The van der Waals surface area contributed by atoms with Crippen molar-refractivity contribution >= 4 is 22.6 Å². The largest absolute Gasteiger partial charge is 0.456 e. The Morgan fingerprint density at radius 2 is 1.76 bits per heavy atom. The van der Waals surface area contributed by atoms with E-state index < -0.39 is 0 Å². The highest BCUT2D eigenvalue weighted by molar-refractivity contribution is 6.01. The lowest BCUT2D eigenvalue weighted by atomic mass is 9.67. The fourth-order valence-corrected chi connectivity index (χ4v) is 7.75. The maximum Gasteiger partial charge on any atom is 0.235 e. The van der Waals surface area contributed by atoms with Crippen LogP contribution < -0.4 is 4.74 Å². The molecule has 0 saturated carbocycles. The molecule has 0 radical (unpaired) electrons. The highest BCUT2D eigenvalue weighted by Crippen LogP contribution is 2.46. The van der Waals surface area contributed by atoms with Gasteiger partial charge in [0, 0.05) is 29.3 Å². The zero-order valence-electron chi connectivity index (χ0n) is 25.8. The molecule has 4 nitrogen and oxygen atoms in total. The molecule has 0 N–H and O–H groups in total. The quantitative estimate of drug-likeness (QED) is 0.204. The van der Waals surface area contributed by atoms with Gasteiger partial charge >= 0.3 is 0 Å². The standard InChI is InChI=1S/C41H33N3O/c1-25-24-44(40-42-34-15-10-18-37-38(34)39(43-40)30-13-7-8-17-36(30)45-37)35-16-9-12-26(23-31(25)35)27-19-20-33-29(21-27)22-28-11-5-4-6-14-32(28)41(33,2)3/h4-13,15,17-21,23-24H,14,16,22H2,1-3H3. The van der Waals surface area contributed by atoms with E-state index in [-0.39, 0.29) is 5.41 Å². The van der Waals surface area contributed by atoms with Gasteiger partial charge in [0.1, 0.15) is 11.5 Å². The Labute approximate surface area is 263 Å². The number of fused-ring (bicyclic) bond motifs is 4. The smallest absolute Gasteiger partial charge is 0.235 e. The number of allylic oxidation sites excluding steroid dienone is 9. The third-order valence-corrected chi connectivity index (χ3v) is 10.0. The molecule has 2 aromatic heterocycles. The van der Waals surface area contributed by atoms with Gasteiger partial charge in [-0.2, -0.15) is 0 Å². The third kappa shape index (κ3) is 3.98. The predicted molar refractivity (Wildman–Crippen MR) is 183 cm³/mol. The summed E-state index contributed by atoms with van der Waals surface area (Å²) in [5.41, 5.74) is 14.8. The fraction of sp³-hybridized carbons (Fsp3) is 0.171. The summed E-state index contributed by atoms with van der Waals surface area (Å²) >= 11 is 0. The average Bonchev–Trinajstić information content (AvgIpc) is 3.24. The SMILES string of the molecule is Cc1cn(-c2nc3c4c(cccc4n2)Oc2ccccc2-3)c2c1C=C(c1ccc3c(c1)CC1=C(CC=CC=C1)C3(C)C)C=CC2. The van der Waals surface area contributed by atoms with E-state index in [2.05, 4.69) is 104 Å². The molecule has 5 aromatic rings. The molecular formula is C41H33N3O. The van der Waals surface area contributed by atoms with E-state index in [1.807, 2.05) is 30.3 Å². The van der Waals surface area contributed by atoms with Crippen molar-refractivity contribution in [3.63, 3.8) is 0 Å². The Balaban J connectivity index is 1.14. The summed E-state index contributed by atoms with van der Waals surface area (Å²) in [7, 11) is 0. The van der Waals surface area contributed by atoms with Gasteiger partial charge in [-0.05, 0) is 89.1 Å². The van der Waals surface area contributed by atoms with Gasteiger partial charge in [0.25, 0.3) is 0 Å². The van der Waals surface area contributed by atoms with Crippen LogP contribution in [0.1, 0.15) is 53.8 Å². The second-order valence-corrected chi connectivity index (χ2v) is 13.0. The van der Waals surface area contributed by atoms with E-state index in [1.165, 1.54) is 44.7 Å². The average molecular weight is 584 g/mol. The molecule has 0 fully saturated rings. The van der Waals surface area contributed by atoms with Gasteiger partial charge in [0.2, 0.25) is 5.95 Å². The van der Waals surface area contributed by atoms with Crippen LogP contribution in [0.3, 0.4) is 0 Å². The molecule has 0 amide bonds. The number of benzene rings is 3. The van der Waals surface area contributed by atoms with Crippen LogP contribution in [-0.4, -0.2) is 14.5 Å². The van der Waals surface area contributed by atoms with Crippen LogP contribution in [0.2, 0.25) is 0 Å². The van der Waals surface area contributed by atoms with Crippen molar-refractivity contribution in [2.24, 2.45) is 0 Å². The Morgan fingerprint density at radius 3 is 2.69 bits per heavy atom. The first-order valence-electron chi connectivity index (χ1n) is 15.8. The van der Waals surface area contributed by atoms with Gasteiger partial charge in [-0.3, -0.25) is 4.57 Å². The monoisotopic (exact) mass is 583 g/mol. The molecule has 0 saturated heterocycles. The molecule has 218 valence electrons. The van der Waals surface area contributed by atoms with Crippen molar-refractivity contribution in [3.05, 3.63) is 148 Å². The van der Waals surface area contributed by atoms with Crippen LogP contribution in [-0.2, 0) is 18.3 Å². The number of hydrogen-bond acceptors (Lipinski definition) is 3. The lowest BCUT2D eigenvalue weighted by Crippen LogP contribution is -2.27. The molecule has 4 aliphatic rings. The lowest BCUT2D eigenvalue weighted by Gasteiger charge is -2.37. The van der Waals surface area contributed by atoms with Crippen molar-refractivity contribution < 1.29 is 4.74 Å². The van der Waals surface area contributed by atoms with Crippen molar-refractivity contribution in [2.45, 2.75) is 45.4 Å². The molecule has 0 atom stereocenters. The summed E-state index contributed by atoms with van der Waals surface area (Å²) in [6.07, 6.45) is 20.9. The molecular weight excluding hydrogens is 550 g/mol. The second kappa shape index (κ2) is 9.64. The van der Waals surface area contributed by atoms with Crippen LogP contribution in [0.4, 0.5) is 0 Å². The molecule has 0 unspecified atom stereocenters. The molecule has 0 bridgehead atoms.